The topological polar surface area (TPSA) is 101 Å². The van der Waals surface area contributed by atoms with Gasteiger partial charge >= 0.3 is 0 Å². The van der Waals surface area contributed by atoms with Crippen LogP contribution in [-0.2, 0) is 9.59 Å². The Morgan fingerprint density at radius 2 is 1.66 bits per heavy atom. The van der Waals surface area contributed by atoms with Crippen molar-refractivity contribution in [3.05, 3.63) is 70.3 Å². The normalized spacial score (nSPS) is 14.5. The minimum absolute atomic E-state index is 0.0266. The van der Waals surface area contributed by atoms with Crippen molar-refractivity contribution in [2.24, 2.45) is 5.92 Å². The van der Waals surface area contributed by atoms with Gasteiger partial charge in [0.2, 0.25) is 11.8 Å². The van der Waals surface area contributed by atoms with Gasteiger partial charge in [-0.25, -0.2) is 0 Å². The van der Waals surface area contributed by atoms with Crippen molar-refractivity contribution in [3.63, 3.8) is 0 Å². The zero-order valence-electron chi connectivity index (χ0n) is 16.0. The van der Waals surface area contributed by atoms with Crippen LogP contribution in [0.1, 0.15) is 37.7 Å². The van der Waals surface area contributed by atoms with E-state index in [9.17, 15) is 19.7 Å². The predicted octanol–water partition coefficient (Wildman–Crippen LogP) is 4.77. The van der Waals surface area contributed by atoms with Crippen molar-refractivity contribution in [1.82, 2.24) is 0 Å². The number of amides is 2. The molecule has 0 bridgehead atoms. The third-order valence-corrected chi connectivity index (χ3v) is 4.88. The average Bonchev–Trinajstić information content (AvgIpc) is 2.73. The highest BCUT2D eigenvalue weighted by Crippen LogP contribution is 2.25. The maximum Gasteiger partial charge on any atom is 0.270 e. The molecule has 1 fully saturated rings. The van der Waals surface area contributed by atoms with Crippen LogP contribution in [0.25, 0.3) is 6.08 Å². The summed E-state index contributed by atoms with van der Waals surface area (Å²) in [7, 11) is 0. The number of nitrogens with one attached hydrogen (secondary N) is 2. The lowest BCUT2D eigenvalue weighted by Gasteiger charge is -2.20. The van der Waals surface area contributed by atoms with E-state index in [2.05, 4.69) is 10.6 Å². The van der Waals surface area contributed by atoms with Gasteiger partial charge in [0.15, 0.2) is 0 Å². The Morgan fingerprint density at radius 3 is 2.38 bits per heavy atom. The lowest BCUT2D eigenvalue weighted by Crippen LogP contribution is -2.24. The Kier molecular flexibility index (Phi) is 6.73. The molecule has 0 aliphatic heterocycles. The van der Waals surface area contributed by atoms with Crippen molar-refractivity contribution in [3.8, 4) is 0 Å². The van der Waals surface area contributed by atoms with Crippen molar-refractivity contribution < 1.29 is 14.5 Å². The first kappa shape index (κ1) is 20.3. The zero-order valence-corrected chi connectivity index (χ0v) is 16.0. The highest BCUT2D eigenvalue weighted by molar-refractivity contribution is 6.02. The van der Waals surface area contributed by atoms with E-state index in [1.807, 2.05) is 0 Å². The van der Waals surface area contributed by atoms with Crippen molar-refractivity contribution in [2.75, 3.05) is 10.6 Å². The summed E-state index contributed by atoms with van der Waals surface area (Å²) in [5, 5.41) is 16.5. The number of nitro benzene ring substituents is 1. The van der Waals surface area contributed by atoms with Crippen molar-refractivity contribution >= 4 is 35.0 Å². The summed E-state index contributed by atoms with van der Waals surface area (Å²) in [6.07, 6.45) is 8.03. The molecule has 0 unspecified atom stereocenters. The third-order valence-electron chi connectivity index (χ3n) is 4.88. The molecule has 1 aliphatic rings. The number of hydrogen-bond donors (Lipinski definition) is 2. The molecule has 150 valence electrons. The molecule has 29 heavy (non-hydrogen) atoms. The number of benzene rings is 2. The number of carbonyl (C=O) groups excluding carboxylic acids is 2. The second kappa shape index (κ2) is 9.64. The van der Waals surface area contributed by atoms with E-state index < -0.39 is 4.92 Å². The minimum Gasteiger partial charge on any atom is -0.326 e. The molecule has 0 radical (unpaired) electrons. The molecule has 3 rings (SSSR count). The van der Waals surface area contributed by atoms with Gasteiger partial charge in [-0.15, -0.1) is 0 Å². The van der Waals surface area contributed by atoms with Crippen molar-refractivity contribution in [1.29, 1.82) is 0 Å². The molecule has 2 N–H and O–H groups in total. The van der Waals surface area contributed by atoms with Gasteiger partial charge in [0.1, 0.15) is 0 Å². The fourth-order valence-electron chi connectivity index (χ4n) is 3.38. The van der Waals surface area contributed by atoms with E-state index in [0.717, 1.165) is 25.7 Å². The molecule has 0 aromatic heterocycles. The number of rotatable bonds is 6. The first-order chi connectivity index (χ1) is 14.0. The zero-order chi connectivity index (χ0) is 20.6. The Morgan fingerprint density at radius 1 is 0.966 bits per heavy atom. The first-order valence-electron chi connectivity index (χ1n) is 9.66. The van der Waals surface area contributed by atoms with E-state index in [1.54, 1.807) is 36.4 Å². The Labute approximate surface area is 169 Å². The van der Waals surface area contributed by atoms with Gasteiger partial charge in [-0.3, -0.25) is 19.7 Å². The molecule has 2 aromatic carbocycles. The summed E-state index contributed by atoms with van der Waals surface area (Å²) >= 11 is 0. The summed E-state index contributed by atoms with van der Waals surface area (Å²) in [6, 6.07) is 13.0. The maximum atomic E-state index is 12.4. The van der Waals surface area contributed by atoms with Crippen LogP contribution in [0.2, 0.25) is 0 Å². The summed E-state index contributed by atoms with van der Waals surface area (Å²) < 4.78 is 0. The van der Waals surface area contributed by atoms with Gasteiger partial charge in [-0.05, 0) is 42.7 Å². The monoisotopic (exact) mass is 393 g/mol. The second-order valence-electron chi connectivity index (χ2n) is 7.08. The molecule has 1 aliphatic carbocycles. The quantitative estimate of drug-likeness (QED) is 0.419. The van der Waals surface area contributed by atoms with Crippen LogP contribution < -0.4 is 10.6 Å². The van der Waals surface area contributed by atoms with Crippen LogP contribution in [0, 0.1) is 16.0 Å². The average molecular weight is 393 g/mol. The van der Waals surface area contributed by atoms with E-state index in [-0.39, 0.29) is 23.4 Å². The molecular weight excluding hydrogens is 370 g/mol. The third kappa shape index (κ3) is 6.00. The molecule has 0 atom stereocenters. The summed E-state index contributed by atoms with van der Waals surface area (Å²) in [5.41, 5.74) is 1.72. The largest absolute Gasteiger partial charge is 0.326 e. The lowest BCUT2D eigenvalue weighted by atomic mass is 9.88. The molecule has 2 amide bonds. The predicted molar refractivity (Wildman–Crippen MR) is 112 cm³/mol. The number of non-ortho nitro benzene ring substituents is 1. The summed E-state index contributed by atoms with van der Waals surface area (Å²) in [4.78, 5) is 34.9. The van der Waals surface area contributed by atoms with Crippen LogP contribution in [-0.4, -0.2) is 16.7 Å². The number of hydrogen-bond acceptors (Lipinski definition) is 4. The van der Waals surface area contributed by atoms with E-state index >= 15 is 0 Å². The van der Waals surface area contributed by atoms with Gasteiger partial charge in [0.05, 0.1) is 4.92 Å². The molecular formula is C22H23N3O4. The number of nitro groups is 1. The Hall–Kier alpha value is -3.48. The smallest absolute Gasteiger partial charge is 0.270 e. The Balaban J connectivity index is 1.59. The molecule has 7 heteroatoms. The molecule has 1 saturated carbocycles. The van der Waals surface area contributed by atoms with Gasteiger partial charge in [-0.2, -0.15) is 0 Å². The number of nitrogens with zero attached hydrogens (tertiary/aromatic N) is 1. The summed E-state index contributed by atoms with van der Waals surface area (Å²) in [6.45, 7) is 0. The Bertz CT molecular complexity index is 933. The highest BCUT2D eigenvalue weighted by Gasteiger charge is 2.21. The van der Waals surface area contributed by atoms with Crippen LogP contribution in [0.15, 0.2) is 54.6 Å². The van der Waals surface area contributed by atoms with Crippen LogP contribution in [0.3, 0.4) is 0 Å². The molecule has 0 spiro atoms. The van der Waals surface area contributed by atoms with Gasteiger partial charge in [0, 0.05) is 35.5 Å². The molecule has 7 nitrogen and oxygen atoms in total. The fourth-order valence-corrected chi connectivity index (χ4v) is 3.38. The van der Waals surface area contributed by atoms with E-state index in [4.69, 9.17) is 0 Å². The fraction of sp³-hybridized carbons (Fsp3) is 0.273. The molecule has 2 aromatic rings. The highest BCUT2D eigenvalue weighted by atomic mass is 16.6. The second-order valence-corrected chi connectivity index (χ2v) is 7.08. The lowest BCUT2D eigenvalue weighted by molar-refractivity contribution is -0.384. The van der Waals surface area contributed by atoms with Crippen molar-refractivity contribution in [2.45, 2.75) is 32.1 Å². The summed E-state index contributed by atoms with van der Waals surface area (Å²) in [5.74, 6) is -0.286. The van der Waals surface area contributed by atoms with E-state index in [1.165, 1.54) is 30.7 Å². The van der Waals surface area contributed by atoms with Gasteiger partial charge in [-0.1, -0.05) is 37.5 Å². The SMILES string of the molecule is O=C(/C=C/c1cccc([N+](=O)[O-])c1)Nc1cccc(NC(=O)C2CCCCC2)c1. The molecule has 0 heterocycles. The van der Waals surface area contributed by atoms with Crippen LogP contribution in [0.4, 0.5) is 17.1 Å². The van der Waals surface area contributed by atoms with Crippen LogP contribution in [0.5, 0.6) is 0 Å². The van der Waals surface area contributed by atoms with E-state index in [0.29, 0.717) is 16.9 Å². The first-order valence-corrected chi connectivity index (χ1v) is 9.66. The number of anilines is 2. The van der Waals surface area contributed by atoms with Gasteiger partial charge in [0.25, 0.3) is 5.69 Å². The minimum atomic E-state index is -0.482. The standard InChI is InChI=1S/C22H23N3O4/c26-21(13-12-16-6-4-11-20(14-16)25(28)29)23-18-9-5-10-19(15-18)24-22(27)17-7-2-1-3-8-17/h4-6,9-15,17H,1-3,7-8H2,(H,23,26)(H,24,27)/b13-12+. The number of carbonyl (C=O) groups is 2. The maximum absolute atomic E-state index is 12.4. The molecule has 0 saturated heterocycles. The van der Waals surface area contributed by atoms with Gasteiger partial charge < -0.3 is 10.6 Å². The van der Waals surface area contributed by atoms with Crippen LogP contribution >= 0.6 is 0 Å².